The van der Waals surface area contributed by atoms with E-state index >= 15 is 0 Å². The Morgan fingerprint density at radius 2 is 1.65 bits per heavy atom. The zero-order valence-corrected chi connectivity index (χ0v) is 18.1. The van der Waals surface area contributed by atoms with E-state index in [4.69, 9.17) is 16.3 Å². The minimum absolute atomic E-state index is 0.0201. The van der Waals surface area contributed by atoms with Gasteiger partial charge in [-0.3, -0.25) is 9.10 Å². The lowest BCUT2D eigenvalue weighted by molar-refractivity contribution is 0.0734. The average molecular weight is 456 g/mol. The molecule has 0 N–H and O–H groups in total. The van der Waals surface area contributed by atoms with Crippen LogP contribution in [0.25, 0.3) is 0 Å². The van der Waals surface area contributed by atoms with E-state index < -0.39 is 16.0 Å². The number of hydrogen-bond donors (Lipinski definition) is 0. The average Bonchev–Trinajstić information content (AvgIpc) is 3.19. The summed E-state index contributed by atoms with van der Waals surface area (Å²) in [6, 6.07) is 17.4. The van der Waals surface area contributed by atoms with Gasteiger partial charge in [0.25, 0.3) is 10.0 Å². The maximum Gasteiger partial charge on any atom is 0.343 e. The number of esters is 1. The van der Waals surface area contributed by atoms with E-state index in [-0.39, 0.29) is 27.0 Å². The maximum absolute atomic E-state index is 13.3. The topological polar surface area (TPSA) is 80.8 Å². The number of halogens is 1. The van der Waals surface area contributed by atoms with Gasteiger partial charge < -0.3 is 4.74 Å². The van der Waals surface area contributed by atoms with Crippen LogP contribution in [-0.2, 0) is 16.4 Å². The van der Waals surface area contributed by atoms with Crippen LogP contribution in [0, 0.1) is 0 Å². The van der Waals surface area contributed by atoms with Gasteiger partial charge in [0.2, 0.25) is 0 Å². The number of Topliss-reactive ketones (excluding diaryl/α,β-unsaturated/α-hetero) is 1. The van der Waals surface area contributed by atoms with Gasteiger partial charge in [-0.25, -0.2) is 13.2 Å². The Hall–Kier alpha value is -3.16. The van der Waals surface area contributed by atoms with Gasteiger partial charge in [0.15, 0.2) is 5.78 Å². The van der Waals surface area contributed by atoms with Gasteiger partial charge in [0, 0.05) is 12.1 Å². The predicted octanol–water partition coefficient (Wildman–Crippen LogP) is 4.51. The Morgan fingerprint density at radius 3 is 2.35 bits per heavy atom. The Kier molecular flexibility index (Phi) is 5.56. The summed E-state index contributed by atoms with van der Waals surface area (Å²) in [5.74, 6) is -0.595. The summed E-state index contributed by atoms with van der Waals surface area (Å²) < 4.78 is 33.2. The molecule has 3 aromatic rings. The summed E-state index contributed by atoms with van der Waals surface area (Å²) in [5, 5.41) is 0.0201. The van der Waals surface area contributed by atoms with E-state index in [1.807, 2.05) is 12.1 Å². The fraction of sp³-hybridized carbons (Fsp3) is 0.130. The minimum Gasteiger partial charge on any atom is -0.423 e. The van der Waals surface area contributed by atoms with Crippen molar-refractivity contribution in [1.29, 1.82) is 0 Å². The third kappa shape index (κ3) is 4.06. The summed E-state index contributed by atoms with van der Waals surface area (Å²) in [6.45, 7) is 1.74. The Labute approximate surface area is 185 Å². The number of fused-ring (bicyclic) bond motifs is 1. The number of ether oxygens (including phenoxy) is 1. The second-order valence-electron chi connectivity index (χ2n) is 7.07. The van der Waals surface area contributed by atoms with Gasteiger partial charge in [0.05, 0.1) is 16.3 Å². The molecule has 3 aromatic carbocycles. The fourth-order valence-corrected chi connectivity index (χ4v) is 5.43. The van der Waals surface area contributed by atoms with Crippen LogP contribution in [0.5, 0.6) is 5.75 Å². The second-order valence-corrected chi connectivity index (χ2v) is 9.31. The molecule has 0 radical (unpaired) electrons. The Bertz CT molecular complexity index is 1290. The van der Waals surface area contributed by atoms with Crippen molar-refractivity contribution in [2.45, 2.75) is 18.2 Å². The largest absolute Gasteiger partial charge is 0.423 e. The van der Waals surface area contributed by atoms with Crippen molar-refractivity contribution in [2.24, 2.45) is 0 Å². The summed E-state index contributed by atoms with van der Waals surface area (Å²) in [7, 11) is -3.97. The normalized spacial score (nSPS) is 13.0. The van der Waals surface area contributed by atoms with Crippen LogP contribution in [0.3, 0.4) is 0 Å². The molecule has 8 heteroatoms. The highest BCUT2D eigenvalue weighted by molar-refractivity contribution is 7.93. The molecule has 0 aromatic heterocycles. The Morgan fingerprint density at radius 1 is 0.968 bits per heavy atom. The van der Waals surface area contributed by atoms with Crippen LogP contribution < -0.4 is 9.04 Å². The van der Waals surface area contributed by atoms with Gasteiger partial charge in [-0.2, -0.15) is 0 Å². The number of hydrogen-bond acceptors (Lipinski definition) is 5. The molecule has 1 heterocycles. The molecule has 0 saturated carbocycles. The van der Waals surface area contributed by atoms with Gasteiger partial charge in [-0.05, 0) is 67.4 Å². The first kappa shape index (κ1) is 21.1. The van der Waals surface area contributed by atoms with Crippen molar-refractivity contribution in [3.05, 3.63) is 88.4 Å². The van der Waals surface area contributed by atoms with Crippen molar-refractivity contribution in [3.8, 4) is 5.75 Å². The highest BCUT2D eigenvalue weighted by Crippen LogP contribution is 2.35. The van der Waals surface area contributed by atoms with Crippen LogP contribution in [-0.4, -0.2) is 26.7 Å². The number of anilines is 1. The van der Waals surface area contributed by atoms with E-state index in [0.717, 1.165) is 5.56 Å². The quantitative estimate of drug-likeness (QED) is 0.321. The summed E-state index contributed by atoms with van der Waals surface area (Å²) in [4.78, 5) is 23.8. The van der Waals surface area contributed by atoms with Crippen molar-refractivity contribution in [2.75, 3.05) is 10.8 Å². The van der Waals surface area contributed by atoms with E-state index in [2.05, 4.69) is 0 Å². The number of carbonyl (C=O) groups is 2. The van der Waals surface area contributed by atoms with Gasteiger partial charge in [-0.15, -0.1) is 0 Å². The monoisotopic (exact) mass is 455 g/mol. The molecule has 0 bridgehead atoms. The molecule has 0 amide bonds. The van der Waals surface area contributed by atoms with Crippen molar-refractivity contribution in [3.63, 3.8) is 0 Å². The first-order chi connectivity index (χ1) is 14.8. The Balaban J connectivity index is 1.62. The number of rotatable bonds is 5. The third-order valence-corrected chi connectivity index (χ3v) is 7.35. The summed E-state index contributed by atoms with van der Waals surface area (Å²) in [5.41, 5.74) is 2.08. The van der Waals surface area contributed by atoms with Crippen LogP contribution in [0.1, 0.15) is 33.2 Å². The lowest BCUT2D eigenvalue weighted by atomic mass is 10.1. The van der Waals surface area contributed by atoms with Gasteiger partial charge in [-0.1, -0.05) is 29.8 Å². The summed E-state index contributed by atoms with van der Waals surface area (Å²) >= 11 is 6.21. The second kappa shape index (κ2) is 8.17. The van der Waals surface area contributed by atoms with Crippen LogP contribution in [0.2, 0.25) is 5.02 Å². The number of benzene rings is 3. The van der Waals surface area contributed by atoms with Crippen LogP contribution in [0.4, 0.5) is 5.69 Å². The minimum atomic E-state index is -3.97. The summed E-state index contributed by atoms with van der Waals surface area (Å²) in [6.07, 6.45) is 0.602. The van der Waals surface area contributed by atoms with Crippen molar-refractivity contribution < 1.29 is 22.7 Å². The molecular weight excluding hydrogens is 438 g/mol. The molecule has 1 aliphatic rings. The highest BCUT2D eigenvalue weighted by Gasteiger charge is 2.32. The molecule has 31 heavy (non-hydrogen) atoms. The third-order valence-electron chi connectivity index (χ3n) is 5.05. The SMILES string of the molecule is CC(=O)c1ccc(OC(=O)c2ccc(Cl)c(S(=O)(=O)N3CCc4ccccc43)c2)cc1. The predicted molar refractivity (Wildman–Crippen MR) is 118 cm³/mol. The molecule has 1 aliphatic heterocycles. The lowest BCUT2D eigenvalue weighted by Gasteiger charge is -2.20. The van der Waals surface area contributed by atoms with Crippen LogP contribution in [0.15, 0.2) is 71.6 Å². The molecule has 0 saturated heterocycles. The lowest BCUT2D eigenvalue weighted by Crippen LogP contribution is -2.29. The zero-order chi connectivity index (χ0) is 22.2. The molecule has 0 atom stereocenters. The maximum atomic E-state index is 13.3. The smallest absolute Gasteiger partial charge is 0.343 e. The molecular formula is C23H18ClNO5S. The molecule has 4 rings (SSSR count). The first-order valence-electron chi connectivity index (χ1n) is 9.51. The zero-order valence-electron chi connectivity index (χ0n) is 16.5. The molecule has 0 spiro atoms. The van der Waals surface area contributed by atoms with Crippen molar-refractivity contribution >= 4 is 39.1 Å². The standard InChI is InChI=1S/C23H18ClNO5S/c1-15(26)16-6-9-19(10-7-16)30-23(27)18-8-11-20(24)22(14-18)31(28,29)25-13-12-17-4-2-3-5-21(17)25/h2-11,14H,12-13H2,1H3. The molecule has 0 aliphatic carbocycles. The molecule has 158 valence electrons. The van der Waals surface area contributed by atoms with E-state index in [9.17, 15) is 18.0 Å². The van der Waals surface area contributed by atoms with E-state index in [1.54, 1.807) is 24.3 Å². The number of nitrogens with zero attached hydrogens (tertiary/aromatic N) is 1. The number of ketones is 1. The van der Waals surface area contributed by atoms with Gasteiger partial charge >= 0.3 is 5.97 Å². The number of sulfonamides is 1. The van der Waals surface area contributed by atoms with Crippen molar-refractivity contribution in [1.82, 2.24) is 0 Å². The number of para-hydroxylation sites is 1. The first-order valence-corrected chi connectivity index (χ1v) is 11.3. The van der Waals surface area contributed by atoms with E-state index in [0.29, 0.717) is 24.2 Å². The van der Waals surface area contributed by atoms with Gasteiger partial charge in [0.1, 0.15) is 10.6 Å². The molecule has 0 unspecified atom stereocenters. The van der Waals surface area contributed by atoms with E-state index in [1.165, 1.54) is 41.6 Å². The molecule has 6 nitrogen and oxygen atoms in total. The molecule has 0 fully saturated rings. The fourth-order valence-electron chi connectivity index (χ4n) is 3.43. The highest BCUT2D eigenvalue weighted by atomic mass is 35.5. The van der Waals surface area contributed by atoms with Crippen LogP contribution >= 0.6 is 11.6 Å². The number of carbonyl (C=O) groups excluding carboxylic acids is 2.